The van der Waals surface area contributed by atoms with E-state index in [1.54, 1.807) is 6.20 Å². The van der Waals surface area contributed by atoms with Gasteiger partial charge in [-0.3, -0.25) is 0 Å². The Morgan fingerprint density at radius 1 is 1.65 bits per heavy atom. The van der Waals surface area contributed by atoms with E-state index in [0.717, 1.165) is 11.3 Å². The van der Waals surface area contributed by atoms with Crippen molar-refractivity contribution in [2.75, 3.05) is 13.7 Å². The summed E-state index contributed by atoms with van der Waals surface area (Å²) < 4.78 is 5.47. The summed E-state index contributed by atoms with van der Waals surface area (Å²) in [6.45, 7) is 0.954. The zero-order valence-electron chi connectivity index (χ0n) is 9.11. The summed E-state index contributed by atoms with van der Waals surface area (Å²) in [7, 11) is 1.89. The second kappa shape index (κ2) is 5.06. The highest BCUT2D eigenvalue weighted by Gasteiger charge is 2.16. The Bertz CT molecular complexity index is 490. The lowest BCUT2D eigenvalue weighted by molar-refractivity contribution is -0.135. The van der Waals surface area contributed by atoms with Crippen LogP contribution in [-0.2, 0) is 16.1 Å². The van der Waals surface area contributed by atoms with Crippen molar-refractivity contribution in [1.29, 1.82) is 0 Å². The maximum atomic E-state index is 10.9. The number of carbonyl (C=O) groups is 1. The van der Waals surface area contributed by atoms with E-state index in [-0.39, 0.29) is 5.97 Å². The molecule has 0 aliphatic carbocycles. The number of ether oxygens (including phenoxy) is 1. The van der Waals surface area contributed by atoms with Crippen LogP contribution < -0.4 is 0 Å². The van der Waals surface area contributed by atoms with Gasteiger partial charge in [-0.25, -0.2) is 9.78 Å². The third-order valence-electron chi connectivity index (χ3n) is 2.41. The third-order valence-corrected chi connectivity index (χ3v) is 3.56. The van der Waals surface area contributed by atoms with E-state index in [4.69, 9.17) is 16.3 Å². The van der Waals surface area contributed by atoms with Crippen LogP contribution in [0.25, 0.3) is 0 Å². The van der Waals surface area contributed by atoms with Gasteiger partial charge in [0, 0.05) is 25.9 Å². The number of pyridine rings is 1. The molecule has 17 heavy (non-hydrogen) atoms. The first-order chi connectivity index (χ1) is 8.06. The molecule has 0 unspecified atom stereocenters. The van der Waals surface area contributed by atoms with Gasteiger partial charge in [0.25, 0.3) is 0 Å². The second-order valence-electron chi connectivity index (χ2n) is 3.72. The van der Waals surface area contributed by atoms with Crippen molar-refractivity contribution in [3.63, 3.8) is 0 Å². The third kappa shape index (κ3) is 2.98. The van der Waals surface area contributed by atoms with Gasteiger partial charge >= 0.3 is 5.97 Å². The molecule has 0 amide bonds. The summed E-state index contributed by atoms with van der Waals surface area (Å²) in [6.07, 6.45) is 3.23. The highest BCUT2D eigenvalue weighted by molar-refractivity contribution is 9.10. The predicted octanol–water partition coefficient (Wildman–Crippen LogP) is 2.37. The Hall–Kier alpha value is -1.07. The Morgan fingerprint density at radius 2 is 2.41 bits per heavy atom. The minimum absolute atomic E-state index is 0.293. The Morgan fingerprint density at radius 3 is 3.00 bits per heavy atom. The first-order valence-electron chi connectivity index (χ1n) is 4.94. The van der Waals surface area contributed by atoms with Gasteiger partial charge in [-0.05, 0) is 27.6 Å². The van der Waals surface area contributed by atoms with Crippen LogP contribution >= 0.6 is 27.5 Å². The molecule has 1 aromatic heterocycles. The van der Waals surface area contributed by atoms with Crippen molar-refractivity contribution < 1.29 is 9.53 Å². The molecule has 2 rings (SSSR count). The van der Waals surface area contributed by atoms with Crippen molar-refractivity contribution in [2.45, 2.75) is 6.54 Å². The molecule has 0 spiro atoms. The van der Waals surface area contributed by atoms with E-state index < -0.39 is 0 Å². The fourth-order valence-electron chi connectivity index (χ4n) is 1.51. The molecule has 1 aliphatic rings. The van der Waals surface area contributed by atoms with Gasteiger partial charge in [0.1, 0.15) is 11.2 Å². The van der Waals surface area contributed by atoms with Crippen LogP contribution in [0.5, 0.6) is 0 Å². The summed E-state index contributed by atoms with van der Waals surface area (Å²) in [6, 6.07) is 1.84. The van der Waals surface area contributed by atoms with Crippen molar-refractivity contribution in [3.8, 4) is 0 Å². The number of cyclic esters (lactones) is 1. The number of carbonyl (C=O) groups excluding carboxylic acids is 1. The van der Waals surface area contributed by atoms with Crippen molar-refractivity contribution in [3.05, 3.63) is 39.2 Å². The highest BCUT2D eigenvalue weighted by Crippen LogP contribution is 2.22. The summed E-state index contributed by atoms with van der Waals surface area (Å²) in [5, 5.41) is 0.573. The molecule has 90 valence electrons. The maximum absolute atomic E-state index is 10.9. The number of hydrogen-bond acceptors (Lipinski definition) is 4. The quantitative estimate of drug-likeness (QED) is 0.634. The first-order valence-corrected chi connectivity index (χ1v) is 6.12. The zero-order chi connectivity index (χ0) is 12.4. The van der Waals surface area contributed by atoms with Crippen LogP contribution in [0.2, 0.25) is 5.02 Å². The number of halogens is 2. The van der Waals surface area contributed by atoms with E-state index in [9.17, 15) is 4.79 Å². The first kappa shape index (κ1) is 12.4. The molecule has 0 radical (unpaired) electrons. The standard InChI is InChI=1S/C11H10BrClN2O2/c1-15(8-3-10(16)17-6-8)5-7-2-9(13)11(12)14-4-7/h2-4H,5-6H2,1H3. The number of likely N-dealkylation sites (N-methyl/N-ethyl adjacent to an activating group) is 1. The molecule has 6 heteroatoms. The SMILES string of the molecule is CN(Cc1cnc(Br)c(Cl)c1)C1=CC(=O)OC1. The molecule has 2 heterocycles. The summed E-state index contributed by atoms with van der Waals surface area (Å²) in [5.41, 5.74) is 1.83. The summed E-state index contributed by atoms with van der Waals surface area (Å²) in [5.74, 6) is -0.293. The van der Waals surface area contributed by atoms with Gasteiger partial charge in [-0.15, -0.1) is 0 Å². The minimum Gasteiger partial charge on any atom is -0.456 e. The van der Waals surface area contributed by atoms with Crippen LogP contribution in [0.3, 0.4) is 0 Å². The molecule has 0 fully saturated rings. The fourth-order valence-corrected chi connectivity index (χ4v) is 1.91. The monoisotopic (exact) mass is 316 g/mol. The molecule has 0 bridgehead atoms. The number of hydrogen-bond donors (Lipinski definition) is 0. The average molecular weight is 318 g/mol. The molecule has 0 atom stereocenters. The van der Waals surface area contributed by atoms with E-state index >= 15 is 0 Å². The second-order valence-corrected chi connectivity index (χ2v) is 4.87. The largest absolute Gasteiger partial charge is 0.456 e. The number of rotatable bonds is 3. The smallest absolute Gasteiger partial charge is 0.333 e. The Labute approximate surface area is 112 Å². The highest BCUT2D eigenvalue weighted by atomic mass is 79.9. The molecule has 4 nitrogen and oxygen atoms in total. The van der Waals surface area contributed by atoms with Gasteiger partial charge in [0.05, 0.1) is 10.7 Å². The zero-order valence-corrected chi connectivity index (χ0v) is 11.5. The number of esters is 1. The predicted molar refractivity (Wildman–Crippen MR) is 67.5 cm³/mol. The van der Waals surface area contributed by atoms with Gasteiger partial charge in [-0.2, -0.15) is 0 Å². The average Bonchev–Trinajstić information content (AvgIpc) is 2.70. The number of aromatic nitrogens is 1. The Balaban J connectivity index is 2.08. The minimum atomic E-state index is -0.293. The fraction of sp³-hybridized carbons (Fsp3) is 0.273. The Kier molecular flexibility index (Phi) is 3.69. The lowest BCUT2D eigenvalue weighted by Crippen LogP contribution is -2.18. The summed E-state index contributed by atoms with van der Waals surface area (Å²) >= 11 is 9.20. The van der Waals surface area contributed by atoms with E-state index in [0.29, 0.717) is 22.8 Å². The molecule has 0 N–H and O–H groups in total. The maximum Gasteiger partial charge on any atom is 0.333 e. The lowest BCUT2D eigenvalue weighted by atomic mass is 10.2. The molecule has 1 aliphatic heterocycles. The van der Waals surface area contributed by atoms with E-state index in [2.05, 4.69) is 20.9 Å². The molecule has 0 aromatic carbocycles. The van der Waals surface area contributed by atoms with Crippen LogP contribution in [-0.4, -0.2) is 29.5 Å². The van der Waals surface area contributed by atoms with Crippen molar-refractivity contribution >= 4 is 33.5 Å². The van der Waals surface area contributed by atoms with Gasteiger partial charge < -0.3 is 9.64 Å². The van der Waals surface area contributed by atoms with Crippen LogP contribution in [0.15, 0.2) is 28.6 Å². The molecule has 1 aromatic rings. The number of nitrogens with zero attached hydrogens (tertiary/aromatic N) is 2. The van der Waals surface area contributed by atoms with Crippen LogP contribution in [0.4, 0.5) is 0 Å². The molecular formula is C11H10BrClN2O2. The van der Waals surface area contributed by atoms with Gasteiger partial charge in [0.2, 0.25) is 0 Å². The lowest BCUT2D eigenvalue weighted by Gasteiger charge is -2.19. The van der Waals surface area contributed by atoms with Crippen molar-refractivity contribution in [1.82, 2.24) is 9.88 Å². The van der Waals surface area contributed by atoms with Crippen LogP contribution in [0, 0.1) is 0 Å². The van der Waals surface area contributed by atoms with Gasteiger partial charge in [0.15, 0.2) is 0 Å². The van der Waals surface area contributed by atoms with Crippen molar-refractivity contribution in [2.24, 2.45) is 0 Å². The van der Waals surface area contributed by atoms with E-state index in [1.165, 1.54) is 6.08 Å². The van der Waals surface area contributed by atoms with E-state index in [1.807, 2.05) is 18.0 Å². The topological polar surface area (TPSA) is 42.4 Å². The normalized spacial score (nSPS) is 14.5. The summed E-state index contributed by atoms with van der Waals surface area (Å²) in [4.78, 5) is 17.0. The molecule has 0 saturated heterocycles. The molecule has 0 saturated carbocycles. The van der Waals surface area contributed by atoms with Gasteiger partial charge in [-0.1, -0.05) is 11.6 Å². The molecular weight excluding hydrogens is 307 g/mol. The van der Waals surface area contributed by atoms with Crippen LogP contribution in [0.1, 0.15) is 5.56 Å².